The summed E-state index contributed by atoms with van der Waals surface area (Å²) in [6, 6.07) is 26.0. The van der Waals surface area contributed by atoms with E-state index in [1.165, 1.54) is 0 Å². The fraction of sp³-hybridized carbons (Fsp3) is 0.263. The third kappa shape index (κ3) is 4.47. The van der Waals surface area contributed by atoms with Crippen molar-refractivity contribution in [3.05, 3.63) is 130 Å². The summed E-state index contributed by atoms with van der Waals surface area (Å²) in [6.07, 6.45) is 0. The molecule has 1 heterocycles. The molecule has 0 unspecified atom stereocenters. The molecule has 4 amide bonds. The van der Waals surface area contributed by atoms with Crippen LogP contribution in [0.5, 0.6) is 0 Å². The number of imide groups is 1. The maximum Gasteiger partial charge on any atom is 0.255 e. The molecule has 4 aliphatic rings. The minimum atomic E-state index is -1.34. The van der Waals surface area contributed by atoms with Crippen molar-refractivity contribution in [2.45, 2.75) is 43.5 Å². The van der Waals surface area contributed by atoms with E-state index in [9.17, 15) is 19.2 Å². The van der Waals surface area contributed by atoms with Gasteiger partial charge in [0.05, 0.1) is 11.8 Å². The van der Waals surface area contributed by atoms with Gasteiger partial charge in [0.1, 0.15) is 15.8 Å². The van der Waals surface area contributed by atoms with Crippen LogP contribution in [0.4, 0.5) is 11.4 Å². The summed E-state index contributed by atoms with van der Waals surface area (Å²) in [5.74, 6) is -4.41. The van der Waals surface area contributed by atoms with Crippen LogP contribution in [-0.2, 0) is 24.1 Å². The van der Waals surface area contributed by atoms with Gasteiger partial charge in [-0.3, -0.25) is 24.1 Å². The fourth-order valence-electron chi connectivity index (χ4n) is 7.78. The number of aryl methyl sites for hydroxylation is 2. The van der Waals surface area contributed by atoms with Crippen molar-refractivity contribution < 1.29 is 19.2 Å². The molecule has 3 atom stereocenters. The van der Waals surface area contributed by atoms with E-state index in [0.29, 0.717) is 39.2 Å². The molecule has 2 N–H and O–H groups in total. The van der Waals surface area contributed by atoms with Crippen molar-refractivity contribution in [1.29, 1.82) is 0 Å². The van der Waals surface area contributed by atoms with Gasteiger partial charge in [-0.25, -0.2) is 0 Å². The normalized spacial score (nSPS) is 24.4. The van der Waals surface area contributed by atoms with Gasteiger partial charge in [-0.15, -0.1) is 23.2 Å². The van der Waals surface area contributed by atoms with Gasteiger partial charge in [-0.05, 0) is 71.8 Å². The molecule has 1 aliphatic heterocycles. The zero-order chi connectivity index (χ0) is 33.4. The first-order chi connectivity index (χ1) is 22.4. The number of alkyl halides is 2. The number of carbonyl (C=O) groups excluding carboxylic acids is 4. The van der Waals surface area contributed by atoms with E-state index in [0.717, 1.165) is 16.0 Å². The molecule has 0 saturated carbocycles. The maximum absolute atomic E-state index is 14.5. The van der Waals surface area contributed by atoms with E-state index in [2.05, 4.69) is 10.6 Å². The summed E-state index contributed by atoms with van der Waals surface area (Å²) in [5, 5.41) is 5.78. The van der Waals surface area contributed by atoms with Crippen molar-refractivity contribution in [2.75, 3.05) is 10.6 Å². The Morgan fingerprint density at radius 1 is 0.723 bits per heavy atom. The lowest BCUT2D eigenvalue weighted by Crippen LogP contribution is -2.57. The number of benzene rings is 4. The monoisotopic (exact) mass is 665 g/mol. The Balaban J connectivity index is 1.21. The molecular formula is C38H33Cl2N3O4. The number of likely N-dealkylation sites (tertiary alicyclic amines) is 1. The van der Waals surface area contributed by atoms with Crippen LogP contribution in [0.2, 0.25) is 0 Å². The van der Waals surface area contributed by atoms with Crippen LogP contribution in [-0.4, -0.2) is 34.6 Å². The molecular weight excluding hydrogens is 633 g/mol. The Labute approximate surface area is 283 Å². The van der Waals surface area contributed by atoms with Crippen LogP contribution in [0, 0.1) is 31.6 Å². The third-order valence-electron chi connectivity index (χ3n) is 9.82. The lowest BCUT2D eigenvalue weighted by Gasteiger charge is -2.54. The van der Waals surface area contributed by atoms with Crippen LogP contribution in [0.1, 0.15) is 57.6 Å². The Morgan fingerprint density at radius 2 is 1.26 bits per heavy atom. The molecule has 47 heavy (non-hydrogen) atoms. The minimum absolute atomic E-state index is 0.336. The molecule has 4 aromatic carbocycles. The molecule has 7 nitrogen and oxygen atoms in total. The Morgan fingerprint density at radius 3 is 1.74 bits per heavy atom. The number of hydrogen-bond acceptors (Lipinski definition) is 4. The molecule has 8 rings (SSSR count). The highest BCUT2D eigenvalue weighted by Crippen LogP contribution is 2.69. The Hall–Kier alpha value is -4.46. The lowest BCUT2D eigenvalue weighted by molar-refractivity contribution is -0.148. The van der Waals surface area contributed by atoms with E-state index in [1.807, 2.05) is 80.6 Å². The average molecular weight is 667 g/mol. The van der Waals surface area contributed by atoms with E-state index < -0.39 is 51.3 Å². The van der Waals surface area contributed by atoms with Crippen LogP contribution in [0.3, 0.4) is 0 Å². The van der Waals surface area contributed by atoms with Gasteiger partial charge in [0.25, 0.3) is 5.91 Å². The van der Waals surface area contributed by atoms with Gasteiger partial charge in [-0.2, -0.15) is 0 Å². The fourth-order valence-corrected chi connectivity index (χ4v) is 8.88. The summed E-state index contributed by atoms with van der Waals surface area (Å²) in [5.41, 5.74) is 6.18. The molecule has 3 aliphatic carbocycles. The lowest BCUT2D eigenvalue weighted by atomic mass is 9.54. The number of nitrogens with zero attached hydrogens (tertiary/aromatic N) is 1. The van der Waals surface area contributed by atoms with Crippen molar-refractivity contribution in [3.63, 3.8) is 0 Å². The second-order valence-electron chi connectivity index (χ2n) is 13.0. The van der Waals surface area contributed by atoms with Gasteiger partial charge in [-0.1, -0.05) is 86.1 Å². The standard InChI is InChI=1S/C38H33Cl2N3O4/c1-20(2)32(34(45)41-24-11-9-10-23(19-24)33(44)42-29-17-16-21(3)18-22(29)4)43-35(46)30-31(36(43)47)38(40)26-13-6-5-12-25(26)37(30,39)27-14-7-8-15-28(27)38/h5-20,30-32H,1-4H3,(H,41,45)(H,42,44)/t30-,31-,32-,37?,38?/m0/s1. The first kappa shape index (κ1) is 31.2. The third-order valence-corrected chi connectivity index (χ3v) is 11.1. The van der Waals surface area contributed by atoms with Gasteiger partial charge < -0.3 is 10.6 Å². The summed E-state index contributed by atoms with van der Waals surface area (Å²) < 4.78 is 0. The number of hydrogen-bond donors (Lipinski definition) is 2. The number of nitrogens with one attached hydrogen (secondary N) is 2. The maximum atomic E-state index is 14.5. The summed E-state index contributed by atoms with van der Waals surface area (Å²) in [7, 11) is 0. The molecule has 0 aromatic heterocycles. The number of rotatable bonds is 6. The zero-order valence-corrected chi connectivity index (χ0v) is 27.8. The highest BCUT2D eigenvalue weighted by molar-refractivity contribution is 6.36. The number of halogens is 2. The quantitative estimate of drug-likeness (QED) is 0.169. The van der Waals surface area contributed by atoms with Crippen LogP contribution >= 0.6 is 23.2 Å². The van der Waals surface area contributed by atoms with E-state index in [1.54, 1.807) is 38.1 Å². The van der Waals surface area contributed by atoms with Gasteiger partial charge in [0.15, 0.2) is 0 Å². The SMILES string of the molecule is Cc1ccc(NC(=O)c2cccc(NC(=O)[C@H](C(C)C)N3C(=O)[C@@H]4[C@@H](C3=O)C3(Cl)c5ccccc5C4(Cl)c4ccccc43)c2)c(C)c1. The topological polar surface area (TPSA) is 95.6 Å². The largest absolute Gasteiger partial charge is 0.324 e. The van der Waals surface area contributed by atoms with Crippen LogP contribution < -0.4 is 10.6 Å². The molecule has 0 spiro atoms. The van der Waals surface area contributed by atoms with Crippen LogP contribution in [0.15, 0.2) is 91.0 Å². The smallest absolute Gasteiger partial charge is 0.255 e. The van der Waals surface area contributed by atoms with Crippen molar-refractivity contribution in [3.8, 4) is 0 Å². The van der Waals surface area contributed by atoms with Crippen molar-refractivity contribution >= 4 is 58.2 Å². The van der Waals surface area contributed by atoms with Gasteiger partial charge >= 0.3 is 0 Å². The Bertz CT molecular complexity index is 1880. The second kappa shape index (κ2) is 11.1. The number of amides is 4. The molecule has 4 aromatic rings. The summed E-state index contributed by atoms with van der Waals surface area (Å²) in [4.78, 5) is 54.6. The first-order valence-corrected chi connectivity index (χ1v) is 16.4. The number of carbonyl (C=O) groups is 4. The molecule has 9 heteroatoms. The van der Waals surface area contributed by atoms with E-state index in [-0.39, 0.29) is 5.91 Å². The second-order valence-corrected chi connectivity index (χ2v) is 14.2. The summed E-state index contributed by atoms with van der Waals surface area (Å²) in [6.45, 7) is 7.47. The summed E-state index contributed by atoms with van der Waals surface area (Å²) >= 11 is 15.1. The predicted octanol–water partition coefficient (Wildman–Crippen LogP) is 7.11. The highest BCUT2D eigenvalue weighted by atomic mass is 35.5. The molecule has 1 saturated heterocycles. The van der Waals surface area contributed by atoms with Crippen molar-refractivity contribution in [2.24, 2.45) is 17.8 Å². The molecule has 238 valence electrons. The van der Waals surface area contributed by atoms with E-state index in [4.69, 9.17) is 23.2 Å². The highest BCUT2D eigenvalue weighted by Gasteiger charge is 2.73. The van der Waals surface area contributed by atoms with E-state index >= 15 is 0 Å². The van der Waals surface area contributed by atoms with Gasteiger partial charge in [0, 0.05) is 16.9 Å². The van der Waals surface area contributed by atoms with Crippen molar-refractivity contribution in [1.82, 2.24) is 4.90 Å². The zero-order valence-electron chi connectivity index (χ0n) is 26.3. The minimum Gasteiger partial charge on any atom is -0.324 e. The average Bonchev–Trinajstić information content (AvgIpc) is 3.31. The Kier molecular flexibility index (Phi) is 7.34. The number of anilines is 2. The predicted molar refractivity (Wildman–Crippen MR) is 183 cm³/mol. The molecule has 2 bridgehead atoms. The van der Waals surface area contributed by atoms with Crippen LogP contribution in [0.25, 0.3) is 0 Å². The molecule has 1 fully saturated rings. The first-order valence-electron chi connectivity index (χ1n) is 15.6. The molecule has 0 radical (unpaired) electrons. The van der Waals surface area contributed by atoms with Gasteiger partial charge in [0.2, 0.25) is 17.7 Å².